The Labute approximate surface area is 80.1 Å². The van der Waals surface area contributed by atoms with Crippen molar-refractivity contribution in [2.75, 3.05) is 11.9 Å². The van der Waals surface area contributed by atoms with Crippen molar-refractivity contribution in [1.82, 2.24) is 0 Å². The summed E-state index contributed by atoms with van der Waals surface area (Å²) in [6.45, 7) is 5.15. The van der Waals surface area contributed by atoms with Crippen LogP contribution in [0, 0.1) is 0 Å². The summed E-state index contributed by atoms with van der Waals surface area (Å²) >= 11 is 0. The van der Waals surface area contributed by atoms with Crippen molar-refractivity contribution in [2.45, 2.75) is 26.3 Å². The predicted molar refractivity (Wildman–Crippen MR) is 57.8 cm³/mol. The standard InChI is InChI=1S/C11H18N2/c1-3-11(12)9-5-7-10(8-6-9)13-4-2/h5-8,11,13H,3-4,12H2,1-2H3. The van der Waals surface area contributed by atoms with Crippen LogP contribution in [0.2, 0.25) is 0 Å². The second-order valence-electron chi connectivity index (χ2n) is 3.17. The minimum absolute atomic E-state index is 0.177. The van der Waals surface area contributed by atoms with Crippen molar-refractivity contribution in [2.24, 2.45) is 5.73 Å². The molecule has 1 aromatic carbocycles. The van der Waals surface area contributed by atoms with E-state index in [0.29, 0.717) is 0 Å². The maximum absolute atomic E-state index is 5.90. The number of anilines is 1. The van der Waals surface area contributed by atoms with E-state index in [4.69, 9.17) is 5.73 Å². The van der Waals surface area contributed by atoms with Gasteiger partial charge in [0.15, 0.2) is 0 Å². The van der Waals surface area contributed by atoms with Crippen molar-refractivity contribution in [3.8, 4) is 0 Å². The van der Waals surface area contributed by atoms with Crippen LogP contribution in [0.25, 0.3) is 0 Å². The molecule has 0 aliphatic heterocycles. The van der Waals surface area contributed by atoms with E-state index in [-0.39, 0.29) is 6.04 Å². The lowest BCUT2D eigenvalue weighted by Crippen LogP contribution is -2.08. The summed E-state index contributed by atoms with van der Waals surface area (Å²) in [7, 11) is 0. The third-order valence-corrected chi connectivity index (χ3v) is 2.16. The second-order valence-corrected chi connectivity index (χ2v) is 3.17. The molecule has 0 amide bonds. The molecule has 0 aliphatic rings. The van der Waals surface area contributed by atoms with E-state index < -0.39 is 0 Å². The first-order chi connectivity index (χ1) is 6.27. The SMILES string of the molecule is CCNc1ccc(C(N)CC)cc1. The van der Waals surface area contributed by atoms with Crippen LogP contribution < -0.4 is 11.1 Å². The van der Waals surface area contributed by atoms with Crippen LogP contribution in [0.5, 0.6) is 0 Å². The molecule has 1 unspecified atom stereocenters. The molecule has 0 aromatic heterocycles. The molecule has 1 rings (SSSR count). The molecule has 1 atom stereocenters. The second kappa shape index (κ2) is 4.87. The molecule has 0 bridgehead atoms. The van der Waals surface area contributed by atoms with Gasteiger partial charge in [0.1, 0.15) is 0 Å². The molecule has 0 radical (unpaired) electrons. The summed E-state index contributed by atoms with van der Waals surface area (Å²) in [5.74, 6) is 0. The van der Waals surface area contributed by atoms with E-state index in [1.54, 1.807) is 0 Å². The van der Waals surface area contributed by atoms with Gasteiger partial charge in [-0.25, -0.2) is 0 Å². The zero-order chi connectivity index (χ0) is 9.68. The zero-order valence-electron chi connectivity index (χ0n) is 8.38. The maximum atomic E-state index is 5.90. The van der Waals surface area contributed by atoms with Gasteiger partial charge < -0.3 is 11.1 Å². The van der Waals surface area contributed by atoms with E-state index in [0.717, 1.165) is 18.7 Å². The summed E-state index contributed by atoms with van der Waals surface area (Å²) in [4.78, 5) is 0. The molecule has 0 fully saturated rings. The Morgan fingerprint density at radius 1 is 1.23 bits per heavy atom. The minimum Gasteiger partial charge on any atom is -0.385 e. The van der Waals surface area contributed by atoms with Crippen LogP contribution in [-0.2, 0) is 0 Å². The number of nitrogens with one attached hydrogen (secondary N) is 1. The van der Waals surface area contributed by atoms with E-state index in [2.05, 4.69) is 43.4 Å². The normalized spacial score (nSPS) is 12.5. The van der Waals surface area contributed by atoms with Crippen LogP contribution >= 0.6 is 0 Å². The molecular weight excluding hydrogens is 160 g/mol. The van der Waals surface area contributed by atoms with Crippen molar-refractivity contribution in [3.05, 3.63) is 29.8 Å². The Kier molecular flexibility index (Phi) is 3.77. The average Bonchev–Trinajstić information content (AvgIpc) is 2.18. The fourth-order valence-corrected chi connectivity index (χ4v) is 1.29. The van der Waals surface area contributed by atoms with Crippen molar-refractivity contribution < 1.29 is 0 Å². The molecule has 13 heavy (non-hydrogen) atoms. The third-order valence-electron chi connectivity index (χ3n) is 2.16. The lowest BCUT2D eigenvalue weighted by Gasteiger charge is -2.10. The van der Waals surface area contributed by atoms with Crippen LogP contribution in [0.3, 0.4) is 0 Å². The topological polar surface area (TPSA) is 38.0 Å². The predicted octanol–water partition coefficient (Wildman–Crippen LogP) is 2.53. The molecule has 72 valence electrons. The number of hydrogen-bond donors (Lipinski definition) is 2. The quantitative estimate of drug-likeness (QED) is 0.743. The van der Waals surface area contributed by atoms with Gasteiger partial charge in [0, 0.05) is 18.3 Å². The summed E-state index contributed by atoms with van der Waals surface area (Å²) in [5.41, 5.74) is 8.27. The molecule has 0 heterocycles. The summed E-state index contributed by atoms with van der Waals surface area (Å²) in [6, 6.07) is 8.51. The molecule has 2 nitrogen and oxygen atoms in total. The molecule has 0 saturated carbocycles. The summed E-state index contributed by atoms with van der Waals surface area (Å²) < 4.78 is 0. The molecule has 0 saturated heterocycles. The fourth-order valence-electron chi connectivity index (χ4n) is 1.29. The molecule has 0 aliphatic carbocycles. The summed E-state index contributed by atoms with van der Waals surface area (Å²) in [5, 5.41) is 3.25. The Morgan fingerprint density at radius 3 is 2.31 bits per heavy atom. The Morgan fingerprint density at radius 2 is 1.85 bits per heavy atom. The highest BCUT2D eigenvalue weighted by Gasteiger charge is 2.01. The number of benzene rings is 1. The summed E-state index contributed by atoms with van der Waals surface area (Å²) in [6.07, 6.45) is 0.987. The lowest BCUT2D eigenvalue weighted by molar-refractivity contribution is 0.699. The first-order valence-corrected chi connectivity index (χ1v) is 4.87. The van der Waals surface area contributed by atoms with Crippen molar-refractivity contribution in [1.29, 1.82) is 0 Å². The van der Waals surface area contributed by atoms with Gasteiger partial charge in [-0.2, -0.15) is 0 Å². The first-order valence-electron chi connectivity index (χ1n) is 4.87. The zero-order valence-corrected chi connectivity index (χ0v) is 8.38. The van der Waals surface area contributed by atoms with Gasteiger partial charge in [-0.15, -0.1) is 0 Å². The van der Waals surface area contributed by atoms with Gasteiger partial charge in [0.2, 0.25) is 0 Å². The van der Waals surface area contributed by atoms with E-state index in [1.807, 2.05) is 0 Å². The van der Waals surface area contributed by atoms with E-state index >= 15 is 0 Å². The molecule has 2 heteroatoms. The fraction of sp³-hybridized carbons (Fsp3) is 0.455. The van der Waals surface area contributed by atoms with Crippen LogP contribution in [0.4, 0.5) is 5.69 Å². The highest BCUT2D eigenvalue weighted by atomic mass is 14.8. The van der Waals surface area contributed by atoms with E-state index in [1.165, 1.54) is 5.56 Å². The Bertz CT molecular complexity index is 241. The average molecular weight is 178 g/mol. The van der Waals surface area contributed by atoms with Crippen LogP contribution in [0.1, 0.15) is 31.9 Å². The number of rotatable bonds is 4. The van der Waals surface area contributed by atoms with Gasteiger partial charge in [-0.1, -0.05) is 19.1 Å². The molecule has 3 N–H and O–H groups in total. The molecule has 1 aromatic rings. The largest absolute Gasteiger partial charge is 0.385 e. The van der Waals surface area contributed by atoms with Gasteiger partial charge in [-0.05, 0) is 31.0 Å². The number of hydrogen-bond acceptors (Lipinski definition) is 2. The van der Waals surface area contributed by atoms with Crippen LogP contribution in [-0.4, -0.2) is 6.54 Å². The highest BCUT2D eigenvalue weighted by Crippen LogP contribution is 2.16. The minimum atomic E-state index is 0.177. The third kappa shape index (κ3) is 2.74. The number of nitrogens with two attached hydrogens (primary N) is 1. The first kappa shape index (κ1) is 10.1. The van der Waals surface area contributed by atoms with E-state index in [9.17, 15) is 0 Å². The van der Waals surface area contributed by atoms with Gasteiger partial charge in [0.05, 0.1) is 0 Å². The van der Waals surface area contributed by atoms with Gasteiger partial charge in [-0.3, -0.25) is 0 Å². The monoisotopic (exact) mass is 178 g/mol. The van der Waals surface area contributed by atoms with Crippen molar-refractivity contribution >= 4 is 5.69 Å². The van der Waals surface area contributed by atoms with Gasteiger partial charge in [0.25, 0.3) is 0 Å². The van der Waals surface area contributed by atoms with Crippen LogP contribution in [0.15, 0.2) is 24.3 Å². The highest BCUT2D eigenvalue weighted by molar-refractivity contribution is 5.44. The lowest BCUT2D eigenvalue weighted by atomic mass is 10.1. The Balaban J connectivity index is 2.69. The maximum Gasteiger partial charge on any atom is 0.0340 e. The Hall–Kier alpha value is -1.02. The van der Waals surface area contributed by atoms with Crippen molar-refractivity contribution in [3.63, 3.8) is 0 Å². The van der Waals surface area contributed by atoms with Gasteiger partial charge >= 0.3 is 0 Å². The smallest absolute Gasteiger partial charge is 0.0340 e. The molecule has 0 spiro atoms. The molecular formula is C11H18N2.